The van der Waals surface area contributed by atoms with Crippen LogP contribution in [0.25, 0.3) is 0 Å². The van der Waals surface area contributed by atoms with Gasteiger partial charge in [0.2, 0.25) is 11.9 Å². The molecule has 2 aromatic carbocycles. The molecule has 0 aliphatic rings. The van der Waals surface area contributed by atoms with Crippen molar-refractivity contribution in [2.45, 2.75) is 18.9 Å². The molecule has 0 aromatic heterocycles. The molecule has 0 unspecified atom stereocenters. The largest absolute Gasteiger partial charge is 0.422 e. The van der Waals surface area contributed by atoms with E-state index in [-0.39, 0.29) is 12.2 Å². The van der Waals surface area contributed by atoms with Crippen LogP contribution in [-0.2, 0) is 11.3 Å². The summed E-state index contributed by atoms with van der Waals surface area (Å²) in [5.41, 5.74) is 0.527. The third-order valence-corrected chi connectivity index (χ3v) is 3.45. The van der Waals surface area contributed by atoms with Gasteiger partial charge in [-0.05, 0) is 17.7 Å². The highest BCUT2D eigenvalue weighted by molar-refractivity contribution is 9.10. The van der Waals surface area contributed by atoms with E-state index in [1.54, 1.807) is 30.3 Å². The number of hydrogen-bond donors (Lipinski definition) is 0. The number of halogens is 4. The topological polar surface area (TPSA) is 26.3 Å². The van der Waals surface area contributed by atoms with Gasteiger partial charge in [0, 0.05) is 10.0 Å². The van der Waals surface area contributed by atoms with Crippen molar-refractivity contribution in [3.8, 4) is 0 Å². The predicted octanol–water partition coefficient (Wildman–Crippen LogP) is 4.78. The number of ether oxygens (including phenoxy) is 1. The van der Waals surface area contributed by atoms with E-state index >= 15 is 0 Å². The summed E-state index contributed by atoms with van der Waals surface area (Å²) in [4.78, 5) is 12.1. The molecule has 0 bridgehead atoms. The number of hydrogen-bond acceptors (Lipinski definition) is 2. The van der Waals surface area contributed by atoms with E-state index in [1.165, 1.54) is 24.3 Å². The average Bonchev–Trinajstić information content (AvgIpc) is 2.47. The summed E-state index contributed by atoms with van der Waals surface area (Å²) >= 11 is 3.17. The molecule has 0 fully saturated rings. The van der Waals surface area contributed by atoms with Gasteiger partial charge in [0.25, 0.3) is 0 Å². The van der Waals surface area contributed by atoms with Crippen molar-refractivity contribution in [1.29, 1.82) is 0 Å². The van der Waals surface area contributed by atoms with E-state index in [1.807, 2.05) is 0 Å². The van der Waals surface area contributed by atoms with Crippen LogP contribution in [0.2, 0.25) is 0 Å². The molecule has 0 spiro atoms. The summed E-state index contributed by atoms with van der Waals surface area (Å²) in [7, 11) is 0. The maximum atomic E-state index is 13.1. The molecule has 1 atom stereocenters. The van der Waals surface area contributed by atoms with Crippen LogP contribution in [0.5, 0.6) is 0 Å². The predicted molar refractivity (Wildman–Crippen MR) is 79.5 cm³/mol. The van der Waals surface area contributed by atoms with Gasteiger partial charge < -0.3 is 4.74 Å². The van der Waals surface area contributed by atoms with E-state index in [0.717, 1.165) is 0 Å². The Morgan fingerprint density at radius 3 is 2.18 bits per heavy atom. The van der Waals surface area contributed by atoms with Gasteiger partial charge in [0.15, 0.2) is 0 Å². The van der Waals surface area contributed by atoms with E-state index in [0.29, 0.717) is 10.0 Å². The lowest BCUT2D eigenvalue weighted by atomic mass is 10.1. The van der Waals surface area contributed by atoms with E-state index in [4.69, 9.17) is 4.74 Å². The fraction of sp³-hybridized carbons (Fsp3) is 0.188. The summed E-state index contributed by atoms with van der Waals surface area (Å²) in [5.74, 6) is -1.10. The fourth-order valence-electron chi connectivity index (χ4n) is 1.84. The normalized spacial score (nSPS) is 12.9. The third kappa shape index (κ3) is 4.42. The first-order chi connectivity index (χ1) is 10.4. The number of benzene rings is 2. The fourth-order valence-corrected chi connectivity index (χ4v) is 2.10. The van der Waals surface area contributed by atoms with Gasteiger partial charge in [-0.1, -0.05) is 58.4 Å². The number of alkyl halides is 3. The first-order valence-corrected chi connectivity index (χ1v) is 7.19. The van der Waals surface area contributed by atoms with Crippen molar-refractivity contribution in [3.05, 3.63) is 70.2 Å². The zero-order valence-corrected chi connectivity index (χ0v) is 12.9. The molecule has 0 aliphatic heterocycles. The first-order valence-electron chi connectivity index (χ1n) is 6.40. The highest BCUT2D eigenvalue weighted by Crippen LogP contribution is 2.27. The quantitative estimate of drug-likeness (QED) is 0.706. The maximum absolute atomic E-state index is 13.1. The molecule has 0 saturated carbocycles. The Balaban J connectivity index is 2.16. The monoisotopic (exact) mass is 372 g/mol. The van der Waals surface area contributed by atoms with Crippen LogP contribution in [0.1, 0.15) is 15.9 Å². The summed E-state index contributed by atoms with van der Waals surface area (Å²) < 4.78 is 44.8. The number of rotatable bonds is 5. The summed E-state index contributed by atoms with van der Waals surface area (Å²) in [6, 6.07) is 14.1. The van der Waals surface area contributed by atoms with Crippen molar-refractivity contribution in [2.75, 3.05) is 0 Å². The lowest BCUT2D eigenvalue weighted by Gasteiger charge is -2.20. The van der Waals surface area contributed by atoms with Gasteiger partial charge in [-0.3, -0.25) is 4.79 Å². The highest BCUT2D eigenvalue weighted by Gasteiger charge is 2.46. The Bertz CT molecular complexity index is 624. The molecule has 22 heavy (non-hydrogen) atoms. The second-order valence-electron chi connectivity index (χ2n) is 4.59. The van der Waals surface area contributed by atoms with Crippen molar-refractivity contribution >= 4 is 21.7 Å². The molecular weight excluding hydrogens is 361 g/mol. The van der Waals surface area contributed by atoms with Crippen molar-refractivity contribution in [3.63, 3.8) is 0 Å². The average molecular weight is 373 g/mol. The molecule has 2 aromatic rings. The summed E-state index contributed by atoms with van der Waals surface area (Å²) in [5, 5.41) is 0. The number of carbonyl (C=O) groups excluding carboxylic acids is 1. The van der Waals surface area contributed by atoms with Gasteiger partial charge in [-0.15, -0.1) is 0 Å². The lowest BCUT2D eigenvalue weighted by Crippen LogP contribution is -2.39. The third-order valence-electron chi connectivity index (χ3n) is 2.92. The Morgan fingerprint density at radius 2 is 1.64 bits per heavy atom. The van der Waals surface area contributed by atoms with Gasteiger partial charge in [0.1, 0.15) is 0 Å². The molecule has 0 aliphatic carbocycles. The van der Waals surface area contributed by atoms with Crippen molar-refractivity contribution in [1.82, 2.24) is 0 Å². The first kappa shape index (κ1) is 16.7. The van der Waals surface area contributed by atoms with Crippen molar-refractivity contribution < 1.29 is 22.7 Å². The van der Waals surface area contributed by atoms with Crippen LogP contribution in [-0.4, -0.2) is 18.1 Å². The Labute approximate surface area is 134 Å². The minimum atomic E-state index is -4.76. The standard InChI is InChI=1S/C16H12BrF3O2/c17-13-8-6-12(7-9-13)14(21)15(16(18,19)20)22-10-11-4-2-1-3-5-11/h1-9,15H,10H2/t15-/m0/s1. The molecule has 2 nitrogen and oxygen atoms in total. The zero-order chi connectivity index (χ0) is 16.2. The molecule has 6 heteroatoms. The summed E-state index contributed by atoms with van der Waals surface area (Å²) in [6.45, 7) is -0.284. The Kier molecular flexibility index (Phi) is 5.37. The van der Waals surface area contributed by atoms with E-state index < -0.39 is 18.1 Å². The number of ketones is 1. The number of Topliss-reactive ketones (excluding diaryl/α,β-unsaturated/α-hetero) is 1. The van der Waals surface area contributed by atoms with Crippen LogP contribution in [0.4, 0.5) is 13.2 Å². The van der Waals surface area contributed by atoms with Crippen LogP contribution in [0.3, 0.4) is 0 Å². The van der Waals surface area contributed by atoms with Crippen LogP contribution < -0.4 is 0 Å². The maximum Gasteiger partial charge on any atom is 0.422 e. The molecule has 0 N–H and O–H groups in total. The second-order valence-corrected chi connectivity index (χ2v) is 5.51. The Morgan fingerprint density at radius 1 is 1.05 bits per heavy atom. The molecular formula is C16H12BrF3O2. The lowest BCUT2D eigenvalue weighted by molar-refractivity contribution is -0.205. The van der Waals surface area contributed by atoms with Gasteiger partial charge in [-0.25, -0.2) is 0 Å². The molecule has 2 rings (SSSR count). The SMILES string of the molecule is O=C(c1ccc(Br)cc1)[C@H](OCc1ccccc1)C(F)(F)F. The number of carbonyl (C=O) groups is 1. The van der Waals surface area contributed by atoms with Crippen LogP contribution in [0.15, 0.2) is 59.1 Å². The molecule has 0 amide bonds. The van der Waals surface area contributed by atoms with E-state index in [9.17, 15) is 18.0 Å². The molecule has 0 saturated heterocycles. The summed E-state index contributed by atoms with van der Waals surface area (Å²) in [6.07, 6.45) is -7.24. The minimum absolute atomic E-state index is 0.0430. The van der Waals surface area contributed by atoms with Gasteiger partial charge in [-0.2, -0.15) is 13.2 Å². The highest BCUT2D eigenvalue weighted by atomic mass is 79.9. The molecule has 0 radical (unpaired) electrons. The molecule has 116 valence electrons. The van der Waals surface area contributed by atoms with Crippen LogP contribution in [0, 0.1) is 0 Å². The minimum Gasteiger partial charge on any atom is -0.356 e. The van der Waals surface area contributed by atoms with Gasteiger partial charge >= 0.3 is 6.18 Å². The smallest absolute Gasteiger partial charge is 0.356 e. The van der Waals surface area contributed by atoms with Crippen LogP contribution >= 0.6 is 15.9 Å². The molecule has 0 heterocycles. The Hall–Kier alpha value is -1.66. The second kappa shape index (κ2) is 7.07. The van der Waals surface area contributed by atoms with E-state index in [2.05, 4.69) is 15.9 Å². The zero-order valence-electron chi connectivity index (χ0n) is 11.3. The van der Waals surface area contributed by atoms with Gasteiger partial charge in [0.05, 0.1) is 6.61 Å². The van der Waals surface area contributed by atoms with Crippen molar-refractivity contribution in [2.24, 2.45) is 0 Å².